The maximum Gasteiger partial charge on any atom is 0.430 e. The van der Waals surface area contributed by atoms with Crippen molar-refractivity contribution >= 4 is 24.1 Å². The molecule has 0 bridgehead atoms. The van der Waals surface area contributed by atoms with Crippen LogP contribution in [0, 0.1) is 6.92 Å². The van der Waals surface area contributed by atoms with E-state index in [0.29, 0.717) is 12.3 Å². The summed E-state index contributed by atoms with van der Waals surface area (Å²) in [5, 5.41) is 16.5. The maximum atomic E-state index is 10.5. The molecule has 0 atom stereocenters. The zero-order valence-corrected chi connectivity index (χ0v) is 11.7. The van der Waals surface area contributed by atoms with E-state index in [0.717, 1.165) is 11.0 Å². The number of hydrogen-bond acceptors (Lipinski definition) is 5. The van der Waals surface area contributed by atoms with Crippen LogP contribution in [0.4, 0.5) is 13.2 Å². The number of nitrogens with one attached hydrogen (secondary N) is 1. The van der Waals surface area contributed by atoms with E-state index in [-0.39, 0.29) is 0 Å². The number of carbonyl (C=O) groups excluding carboxylic acids is 2. The van der Waals surface area contributed by atoms with Gasteiger partial charge in [0.05, 0.1) is 12.9 Å². The minimum absolute atomic E-state index is 0.549. The largest absolute Gasteiger partial charge is 0.542 e. The normalized spacial score (nSPS) is 10.5. The number of halogens is 3. The van der Waals surface area contributed by atoms with Crippen LogP contribution in [0.3, 0.4) is 0 Å². The smallest absolute Gasteiger partial charge is 0.430 e. The molecule has 1 aromatic rings. The van der Waals surface area contributed by atoms with Gasteiger partial charge in [-0.1, -0.05) is 0 Å². The number of aryl methyl sites for hydroxylation is 1. The molecule has 1 heterocycles. The molecule has 7 nitrogen and oxygen atoms in total. The van der Waals surface area contributed by atoms with E-state index in [9.17, 15) is 18.0 Å². The number of aromatic nitrogens is 3. The molecular weight excluding hydrogens is 301 g/mol. The number of carbonyl (C=O) groups is 2. The van der Waals surface area contributed by atoms with Crippen LogP contribution in [0.1, 0.15) is 5.82 Å². The van der Waals surface area contributed by atoms with Gasteiger partial charge in [-0.25, -0.2) is 4.57 Å². The molecule has 0 saturated heterocycles. The molecule has 0 unspecified atom stereocenters. The van der Waals surface area contributed by atoms with Crippen LogP contribution in [0.2, 0.25) is 0 Å². The van der Waals surface area contributed by atoms with E-state index >= 15 is 0 Å². The Kier molecular flexibility index (Phi) is 7.04. The summed E-state index contributed by atoms with van der Waals surface area (Å²) < 4.78 is 35.3. The quantitative estimate of drug-likeness (QED) is 0.244. The van der Waals surface area contributed by atoms with E-state index in [1.54, 1.807) is 0 Å². The molecular formula is C9H13F3N4O3S. The highest BCUT2D eigenvalue weighted by molar-refractivity contribution is 7.99. The Bertz CT molecular complexity index is 476. The number of amides is 1. The lowest BCUT2D eigenvalue weighted by atomic mass is 10.7. The third-order valence-electron chi connectivity index (χ3n) is 2.08. The number of carboxylic acid groups (broad SMARTS) is 1. The van der Waals surface area contributed by atoms with Gasteiger partial charge in [-0.15, -0.1) is 4.68 Å². The molecule has 0 aromatic carbocycles. The fourth-order valence-electron chi connectivity index (χ4n) is 0.889. The first-order chi connectivity index (χ1) is 9.11. The van der Waals surface area contributed by atoms with Gasteiger partial charge in [-0.2, -0.15) is 13.2 Å². The molecule has 114 valence electrons. The summed E-state index contributed by atoms with van der Waals surface area (Å²) in [6.45, 7) is 1.99. The summed E-state index contributed by atoms with van der Waals surface area (Å²) in [4.78, 5) is 18.8. The predicted molar refractivity (Wildman–Crippen MR) is 60.1 cm³/mol. The number of alkyl halides is 3. The van der Waals surface area contributed by atoms with Crippen LogP contribution in [-0.4, -0.2) is 34.1 Å². The molecule has 1 N–H and O–H groups in total. The van der Waals surface area contributed by atoms with Crippen molar-refractivity contribution in [3.8, 4) is 0 Å². The molecule has 0 aliphatic heterocycles. The lowest BCUT2D eigenvalue weighted by Gasteiger charge is -2.03. The zero-order chi connectivity index (χ0) is 15.9. The number of carboxylic acids is 1. The first kappa shape index (κ1) is 18.2. The van der Waals surface area contributed by atoms with E-state index < -0.39 is 12.1 Å². The van der Waals surface area contributed by atoms with Crippen molar-refractivity contribution in [3.05, 3.63) is 5.82 Å². The fraction of sp³-hybridized carbons (Fsp3) is 0.556. The molecule has 1 aromatic heterocycles. The Morgan fingerprint density at radius 2 is 2.10 bits per heavy atom. The molecule has 0 radical (unpaired) electrons. The van der Waals surface area contributed by atoms with Gasteiger partial charge in [0.15, 0.2) is 0 Å². The molecule has 0 spiro atoms. The third-order valence-corrected chi connectivity index (χ3v) is 3.00. The molecule has 11 heteroatoms. The van der Waals surface area contributed by atoms with Gasteiger partial charge in [0.1, 0.15) is 13.0 Å². The SMILES string of the molecule is Cc1n(C)c(SCNC=O)n[n+]1C.O=C([O-])C(F)(F)F. The highest BCUT2D eigenvalue weighted by atomic mass is 32.2. The first-order valence-electron chi connectivity index (χ1n) is 5.08. The summed E-state index contributed by atoms with van der Waals surface area (Å²) in [6.07, 6.45) is -4.51. The predicted octanol–water partition coefficient (Wildman–Crippen LogP) is -1.35. The molecule has 0 aliphatic carbocycles. The fourth-order valence-corrected chi connectivity index (χ4v) is 1.68. The Morgan fingerprint density at radius 1 is 1.60 bits per heavy atom. The first-order valence-corrected chi connectivity index (χ1v) is 6.07. The van der Waals surface area contributed by atoms with Gasteiger partial charge in [-0.05, 0) is 16.9 Å². The number of aliphatic carboxylic acids is 1. The lowest BCUT2D eigenvalue weighted by Crippen LogP contribution is -2.37. The van der Waals surface area contributed by atoms with Crippen LogP contribution in [0.15, 0.2) is 5.16 Å². The van der Waals surface area contributed by atoms with Crippen molar-refractivity contribution in [2.45, 2.75) is 18.3 Å². The summed E-state index contributed by atoms with van der Waals surface area (Å²) >= 11 is 1.50. The molecule has 1 amide bonds. The van der Waals surface area contributed by atoms with Gasteiger partial charge in [0.25, 0.3) is 11.0 Å². The number of rotatable bonds is 4. The Balaban J connectivity index is 0.000000441. The minimum Gasteiger partial charge on any atom is -0.542 e. The summed E-state index contributed by atoms with van der Waals surface area (Å²) in [5.41, 5.74) is 0. The van der Waals surface area contributed by atoms with Crippen molar-refractivity contribution in [3.63, 3.8) is 0 Å². The van der Waals surface area contributed by atoms with E-state index in [2.05, 4.69) is 10.4 Å². The monoisotopic (exact) mass is 314 g/mol. The van der Waals surface area contributed by atoms with E-state index in [1.807, 2.05) is 30.3 Å². The Morgan fingerprint density at radius 3 is 2.40 bits per heavy atom. The summed E-state index contributed by atoms with van der Waals surface area (Å²) in [7, 11) is 3.85. The summed E-state index contributed by atoms with van der Waals surface area (Å²) in [5.74, 6) is -1.38. The highest BCUT2D eigenvalue weighted by Crippen LogP contribution is 2.12. The highest BCUT2D eigenvalue weighted by Gasteiger charge is 2.28. The lowest BCUT2D eigenvalue weighted by molar-refractivity contribution is -0.736. The molecule has 0 saturated carbocycles. The van der Waals surface area contributed by atoms with Gasteiger partial charge in [0, 0.05) is 6.92 Å². The second kappa shape index (κ2) is 7.72. The van der Waals surface area contributed by atoms with Crippen molar-refractivity contribution in [2.75, 3.05) is 5.88 Å². The molecule has 0 fully saturated rings. The van der Waals surface area contributed by atoms with Crippen molar-refractivity contribution in [1.29, 1.82) is 0 Å². The van der Waals surface area contributed by atoms with Crippen molar-refractivity contribution in [2.24, 2.45) is 14.1 Å². The average molecular weight is 314 g/mol. The second-order valence-electron chi connectivity index (χ2n) is 3.41. The molecule has 1 rings (SSSR count). The van der Waals surface area contributed by atoms with Crippen molar-refractivity contribution in [1.82, 2.24) is 15.0 Å². The van der Waals surface area contributed by atoms with Gasteiger partial charge in [0.2, 0.25) is 6.41 Å². The van der Waals surface area contributed by atoms with E-state index in [4.69, 9.17) is 9.90 Å². The number of nitrogens with zero attached hydrogens (tertiary/aromatic N) is 3. The minimum atomic E-state index is -5.19. The third kappa shape index (κ3) is 5.91. The number of thioether (sulfide) groups is 1. The van der Waals surface area contributed by atoms with Gasteiger partial charge in [-0.3, -0.25) is 4.79 Å². The standard InChI is InChI=1S/C7H12N4OS.C2HF3O2/c1-6-10(2)7(9-11(6)3)13-5-8-4-12;3-2(4,5)1(6)7/h4H,5H2,1-3H3;(H,6,7). The summed E-state index contributed by atoms with van der Waals surface area (Å²) in [6, 6.07) is 0. The molecule has 20 heavy (non-hydrogen) atoms. The zero-order valence-electron chi connectivity index (χ0n) is 10.9. The van der Waals surface area contributed by atoms with Crippen molar-refractivity contribution < 1.29 is 32.5 Å². The number of hydrogen-bond donors (Lipinski definition) is 1. The van der Waals surface area contributed by atoms with E-state index in [1.165, 1.54) is 11.8 Å². The molecule has 0 aliphatic rings. The second-order valence-corrected chi connectivity index (χ2v) is 4.35. The topological polar surface area (TPSA) is 90.9 Å². The van der Waals surface area contributed by atoms with Crippen LogP contribution in [0.5, 0.6) is 0 Å². The van der Waals surface area contributed by atoms with Gasteiger partial charge >= 0.3 is 6.18 Å². The van der Waals surface area contributed by atoms with Crippen LogP contribution < -0.4 is 15.1 Å². The van der Waals surface area contributed by atoms with Crippen LogP contribution in [0.25, 0.3) is 0 Å². The Labute approximate surface area is 116 Å². The Hall–Kier alpha value is -1.78. The van der Waals surface area contributed by atoms with Crippen LogP contribution in [-0.2, 0) is 23.7 Å². The average Bonchev–Trinajstić information content (AvgIpc) is 2.57. The van der Waals surface area contributed by atoms with Crippen LogP contribution >= 0.6 is 11.8 Å². The maximum absolute atomic E-state index is 10.5. The van der Waals surface area contributed by atoms with Gasteiger partial charge < -0.3 is 15.2 Å².